The van der Waals surface area contributed by atoms with Crippen LogP contribution in [0.1, 0.15) is 36.1 Å². The predicted molar refractivity (Wildman–Crippen MR) is 119 cm³/mol. The molecular weight excluding hydrogens is 404 g/mol. The first-order chi connectivity index (χ1) is 14.1. The van der Waals surface area contributed by atoms with Crippen molar-refractivity contribution in [3.8, 4) is 11.5 Å². The normalized spacial score (nSPS) is 12.2. The lowest BCUT2D eigenvalue weighted by Gasteiger charge is -2.25. The molecule has 0 aromatic heterocycles. The quantitative estimate of drug-likeness (QED) is 0.654. The molecule has 0 aliphatic rings. The number of anilines is 1. The molecule has 0 radical (unpaired) electrons. The van der Waals surface area contributed by atoms with E-state index in [0.717, 1.165) is 27.3 Å². The number of aryl methyl sites for hydroxylation is 2. The van der Waals surface area contributed by atoms with Crippen molar-refractivity contribution in [3.63, 3.8) is 0 Å². The summed E-state index contributed by atoms with van der Waals surface area (Å²) in [5.41, 5.74) is 3.16. The van der Waals surface area contributed by atoms with Gasteiger partial charge in [0.05, 0.1) is 32.2 Å². The Labute approximate surface area is 179 Å². The molecule has 2 aromatic rings. The van der Waals surface area contributed by atoms with Gasteiger partial charge in [0, 0.05) is 0 Å². The maximum absolute atomic E-state index is 12.8. The molecule has 0 heterocycles. The summed E-state index contributed by atoms with van der Waals surface area (Å²) in [6, 6.07) is 10.6. The highest BCUT2D eigenvalue weighted by Crippen LogP contribution is 2.31. The lowest BCUT2D eigenvalue weighted by molar-refractivity contribution is -0.120. The molecule has 0 fully saturated rings. The first kappa shape index (κ1) is 23.5. The zero-order valence-electron chi connectivity index (χ0n) is 18.4. The van der Waals surface area contributed by atoms with Crippen LogP contribution >= 0.6 is 0 Å². The van der Waals surface area contributed by atoms with Gasteiger partial charge in [-0.05, 0) is 49.6 Å². The van der Waals surface area contributed by atoms with Crippen molar-refractivity contribution < 1.29 is 22.7 Å². The second-order valence-corrected chi connectivity index (χ2v) is 9.11. The fourth-order valence-electron chi connectivity index (χ4n) is 3.33. The molecule has 7 nitrogen and oxygen atoms in total. The van der Waals surface area contributed by atoms with Crippen LogP contribution in [0, 0.1) is 13.8 Å². The summed E-state index contributed by atoms with van der Waals surface area (Å²) in [4.78, 5) is 12.8. The number of carbonyl (C=O) groups excluding carboxylic acids is 1. The standard InChI is InChI=1S/C22H30N2O5S/c1-7-18(17-9-11-20(28-4)21(13-17)29-5)23-22(25)14-24(30(6,26)27)19-10-8-15(2)12-16(19)3/h8-13,18H,7,14H2,1-6H3,(H,23,25)/t18-/m1/s1. The van der Waals surface area contributed by atoms with E-state index in [1.54, 1.807) is 26.4 Å². The van der Waals surface area contributed by atoms with E-state index in [2.05, 4.69) is 5.32 Å². The summed E-state index contributed by atoms with van der Waals surface area (Å²) in [5, 5.41) is 2.93. The molecule has 0 unspecified atom stereocenters. The fourth-order valence-corrected chi connectivity index (χ4v) is 4.24. The summed E-state index contributed by atoms with van der Waals surface area (Å²) >= 11 is 0. The molecule has 164 valence electrons. The van der Waals surface area contributed by atoms with Crippen LogP contribution in [0.3, 0.4) is 0 Å². The van der Waals surface area contributed by atoms with Gasteiger partial charge >= 0.3 is 0 Å². The Morgan fingerprint density at radius 3 is 2.27 bits per heavy atom. The van der Waals surface area contributed by atoms with Crippen LogP contribution < -0.4 is 19.1 Å². The van der Waals surface area contributed by atoms with E-state index in [1.807, 2.05) is 45.0 Å². The average Bonchev–Trinajstić information content (AvgIpc) is 2.69. The molecule has 0 spiro atoms. The van der Waals surface area contributed by atoms with Gasteiger partial charge in [-0.2, -0.15) is 0 Å². The van der Waals surface area contributed by atoms with Gasteiger partial charge in [-0.15, -0.1) is 0 Å². The van der Waals surface area contributed by atoms with Crippen LogP contribution in [0.5, 0.6) is 11.5 Å². The Hall–Kier alpha value is -2.74. The number of sulfonamides is 1. The van der Waals surface area contributed by atoms with Gasteiger partial charge in [0.1, 0.15) is 6.54 Å². The third-order valence-corrected chi connectivity index (χ3v) is 5.99. The van der Waals surface area contributed by atoms with Gasteiger partial charge in [-0.1, -0.05) is 30.7 Å². The topological polar surface area (TPSA) is 84.9 Å². The van der Waals surface area contributed by atoms with Crippen LogP contribution in [0.2, 0.25) is 0 Å². The van der Waals surface area contributed by atoms with Crippen LogP contribution in [0.4, 0.5) is 5.69 Å². The molecule has 2 aromatic carbocycles. The molecule has 30 heavy (non-hydrogen) atoms. The third-order valence-electron chi connectivity index (χ3n) is 4.86. The Bertz CT molecular complexity index is 1000. The first-order valence-corrected chi connectivity index (χ1v) is 11.5. The highest BCUT2D eigenvalue weighted by atomic mass is 32.2. The number of carbonyl (C=O) groups is 1. The van der Waals surface area contributed by atoms with Crippen molar-refractivity contribution >= 4 is 21.6 Å². The molecule has 0 aliphatic carbocycles. The van der Waals surface area contributed by atoms with Crippen molar-refractivity contribution in [2.24, 2.45) is 0 Å². The van der Waals surface area contributed by atoms with E-state index in [9.17, 15) is 13.2 Å². The lowest BCUT2D eigenvalue weighted by atomic mass is 10.0. The maximum atomic E-state index is 12.8. The molecule has 1 atom stereocenters. The molecule has 0 saturated carbocycles. The minimum absolute atomic E-state index is 0.294. The average molecular weight is 435 g/mol. The van der Waals surface area contributed by atoms with Gasteiger partial charge in [0.25, 0.3) is 0 Å². The van der Waals surface area contributed by atoms with Gasteiger partial charge in [-0.25, -0.2) is 8.42 Å². The molecule has 8 heteroatoms. The number of hydrogen-bond acceptors (Lipinski definition) is 5. The lowest BCUT2D eigenvalue weighted by Crippen LogP contribution is -2.41. The number of nitrogens with zero attached hydrogens (tertiary/aromatic N) is 1. The Morgan fingerprint density at radius 2 is 1.73 bits per heavy atom. The van der Waals surface area contributed by atoms with Crippen molar-refractivity contribution in [1.29, 1.82) is 0 Å². The van der Waals surface area contributed by atoms with Gasteiger partial charge in [0.2, 0.25) is 15.9 Å². The highest BCUT2D eigenvalue weighted by molar-refractivity contribution is 7.92. The summed E-state index contributed by atoms with van der Waals surface area (Å²) in [7, 11) is -0.530. The number of ether oxygens (including phenoxy) is 2. The summed E-state index contributed by atoms with van der Waals surface area (Å²) in [5.74, 6) is 0.776. The van der Waals surface area contributed by atoms with E-state index < -0.39 is 10.0 Å². The van der Waals surface area contributed by atoms with Crippen molar-refractivity contribution in [1.82, 2.24) is 5.32 Å². The number of amides is 1. The SMILES string of the molecule is CC[C@@H](NC(=O)CN(c1ccc(C)cc1C)S(C)(=O)=O)c1ccc(OC)c(OC)c1. The summed E-state index contributed by atoms with van der Waals surface area (Å²) in [6.07, 6.45) is 1.73. The monoisotopic (exact) mass is 434 g/mol. The molecule has 1 amide bonds. The summed E-state index contributed by atoms with van der Waals surface area (Å²) in [6.45, 7) is 5.41. The Morgan fingerprint density at radius 1 is 1.07 bits per heavy atom. The predicted octanol–water partition coefficient (Wildman–Crippen LogP) is 3.35. The largest absolute Gasteiger partial charge is 0.493 e. The van der Waals surface area contributed by atoms with Crippen molar-refractivity contribution in [2.75, 3.05) is 31.3 Å². The van der Waals surface area contributed by atoms with E-state index in [1.165, 1.54) is 0 Å². The molecular formula is C22H30N2O5S. The van der Waals surface area contributed by atoms with Crippen LogP contribution in [-0.2, 0) is 14.8 Å². The summed E-state index contributed by atoms with van der Waals surface area (Å²) < 4.78 is 36.5. The maximum Gasteiger partial charge on any atom is 0.241 e. The smallest absolute Gasteiger partial charge is 0.241 e. The van der Waals surface area contributed by atoms with Crippen molar-refractivity contribution in [2.45, 2.75) is 33.2 Å². The van der Waals surface area contributed by atoms with Crippen LogP contribution in [0.25, 0.3) is 0 Å². The second-order valence-electron chi connectivity index (χ2n) is 7.20. The van der Waals surface area contributed by atoms with E-state index in [-0.39, 0.29) is 18.5 Å². The number of methoxy groups -OCH3 is 2. The molecule has 0 aliphatic heterocycles. The first-order valence-electron chi connectivity index (χ1n) is 9.67. The minimum Gasteiger partial charge on any atom is -0.493 e. The molecule has 2 rings (SSSR count). The highest BCUT2D eigenvalue weighted by Gasteiger charge is 2.24. The molecule has 0 saturated heterocycles. The zero-order chi connectivity index (χ0) is 22.5. The third kappa shape index (κ3) is 5.66. The van der Waals surface area contributed by atoms with Gasteiger partial charge < -0.3 is 14.8 Å². The Kier molecular flexibility index (Phi) is 7.72. The minimum atomic E-state index is -3.64. The molecule has 0 bridgehead atoms. The van der Waals surface area contributed by atoms with Gasteiger partial charge in [0.15, 0.2) is 11.5 Å². The van der Waals surface area contributed by atoms with Crippen molar-refractivity contribution in [3.05, 3.63) is 53.1 Å². The second kappa shape index (κ2) is 9.84. The molecule has 1 N–H and O–H groups in total. The number of rotatable bonds is 9. The van der Waals surface area contributed by atoms with Crippen LogP contribution in [0.15, 0.2) is 36.4 Å². The van der Waals surface area contributed by atoms with E-state index in [4.69, 9.17) is 9.47 Å². The number of nitrogens with one attached hydrogen (secondary N) is 1. The van der Waals surface area contributed by atoms with E-state index >= 15 is 0 Å². The Balaban J connectivity index is 2.25. The van der Waals surface area contributed by atoms with Gasteiger partial charge in [-0.3, -0.25) is 9.10 Å². The van der Waals surface area contributed by atoms with E-state index in [0.29, 0.717) is 23.6 Å². The fraction of sp³-hybridized carbons (Fsp3) is 0.409. The van der Waals surface area contributed by atoms with Crippen LogP contribution in [-0.4, -0.2) is 41.3 Å². The number of benzene rings is 2. The zero-order valence-corrected chi connectivity index (χ0v) is 19.2. The number of hydrogen-bond donors (Lipinski definition) is 1.